The van der Waals surface area contributed by atoms with Crippen LogP contribution in [0.4, 0.5) is 17.5 Å². The molecule has 0 aliphatic carbocycles. The molecule has 25 heavy (non-hydrogen) atoms. The van der Waals surface area contributed by atoms with Gasteiger partial charge in [-0.25, -0.2) is 4.98 Å². The first-order chi connectivity index (χ1) is 12.2. The van der Waals surface area contributed by atoms with E-state index in [4.69, 9.17) is 27.9 Å². The normalized spacial score (nSPS) is 10.8. The zero-order chi connectivity index (χ0) is 17.6. The van der Waals surface area contributed by atoms with Crippen molar-refractivity contribution in [2.24, 2.45) is 0 Å². The molecule has 0 spiro atoms. The lowest BCUT2D eigenvalue weighted by atomic mass is 10.2. The summed E-state index contributed by atoms with van der Waals surface area (Å²) < 4.78 is 5.08. The van der Waals surface area contributed by atoms with Gasteiger partial charge < -0.3 is 15.4 Å². The number of hydrogen-bond donors (Lipinski definition) is 2. The second-order valence-corrected chi connectivity index (χ2v) is 6.25. The molecule has 0 atom stereocenters. The van der Waals surface area contributed by atoms with E-state index in [0.717, 1.165) is 35.4 Å². The van der Waals surface area contributed by atoms with Gasteiger partial charge in [0.05, 0.1) is 15.6 Å². The standard InChI is InChI=1S/C18H18Cl2N4O/c1-25-10-4-9-21-17-13-5-2-3-6-16(13)23-18(24-17)22-12-7-8-14(19)15(20)11-12/h2-3,5-8,11H,4,9-10H2,1H3,(H2,21,22,23,24). The van der Waals surface area contributed by atoms with Crippen molar-refractivity contribution in [2.75, 3.05) is 30.9 Å². The molecule has 1 heterocycles. The topological polar surface area (TPSA) is 59.1 Å². The van der Waals surface area contributed by atoms with Crippen molar-refractivity contribution >= 4 is 51.6 Å². The van der Waals surface area contributed by atoms with Crippen LogP contribution in [0.25, 0.3) is 10.9 Å². The summed E-state index contributed by atoms with van der Waals surface area (Å²) in [5, 5.41) is 8.48. The predicted octanol–water partition coefficient (Wildman–Crippen LogP) is 5.13. The predicted molar refractivity (Wildman–Crippen MR) is 104 cm³/mol. The van der Waals surface area contributed by atoms with Gasteiger partial charge >= 0.3 is 0 Å². The molecule has 1 aromatic heterocycles. The first kappa shape index (κ1) is 17.7. The summed E-state index contributed by atoms with van der Waals surface area (Å²) in [5.74, 6) is 1.27. The fourth-order valence-electron chi connectivity index (χ4n) is 2.39. The molecule has 2 aromatic carbocycles. The Morgan fingerprint density at radius 1 is 1.04 bits per heavy atom. The maximum Gasteiger partial charge on any atom is 0.229 e. The molecule has 7 heteroatoms. The van der Waals surface area contributed by atoms with E-state index in [9.17, 15) is 0 Å². The van der Waals surface area contributed by atoms with Crippen molar-refractivity contribution in [3.63, 3.8) is 0 Å². The molecular formula is C18H18Cl2N4O. The molecule has 130 valence electrons. The molecule has 0 fully saturated rings. The fourth-order valence-corrected chi connectivity index (χ4v) is 2.69. The van der Waals surface area contributed by atoms with Crippen molar-refractivity contribution in [2.45, 2.75) is 6.42 Å². The van der Waals surface area contributed by atoms with Crippen LogP contribution in [0.1, 0.15) is 6.42 Å². The number of aromatic nitrogens is 2. The van der Waals surface area contributed by atoms with Crippen LogP contribution in [-0.2, 0) is 4.74 Å². The number of ether oxygens (including phenoxy) is 1. The highest BCUT2D eigenvalue weighted by Crippen LogP contribution is 2.28. The van der Waals surface area contributed by atoms with Gasteiger partial charge in [-0.1, -0.05) is 35.3 Å². The number of methoxy groups -OCH3 is 1. The van der Waals surface area contributed by atoms with Crippen molar-refractivity contribution in [1.29, 1.82) is 0 Å². The summed E-state index contributed by atoms with van der Waals surface area (Å²) in [6.45, 7) is 1.46. The van der Waals surface area contributed by atoms with Crippen LogP contribution in [0.5, 0.6) is 0 Å². The summed E-state index contributed by atoms with van der Waals surface area (Å²) in [5.41, 5.74) is 1.63. The Morgan fingerprint density at radius 2 is 1.88 bits per heavy atom. The van der Waals surface area contributed by atoms with Gasteiger partial charge in [-0.15, -0.1) is 0 Å². The number of benzene rings is 2. The van der Waals surface area contributed by atoms with Gasteiger partial charge in [0.1, 0.15) is 5.82 Å². The molecule has 5 nitrogen and oxygen atoms in total. The molecular weight excluding hydrogens is 359 g/mol. The molecule has 0 saturated carbocycles. The van der Waals surface area contributed by atoms with Crippen LogP contribution in [0.15, 0.2) is 42.5 Å². The van der Waals surface area contributed by atoms with E-state index in [1.54, 1.807) is 19.2 Å². The first-order valence-electron chi connectivity index (χ1n) is 7.89. The average Bonchev–Trinajstić information content (AvgIpc) is 2.62. The quantitative estimate of drug-likeness (QED) is 0.559. The van der Waals surface area contributed by atoms with E-state index in [-0.39, 0.29) is 0 Å². The smallest absolute Gasteiger partial charge is 0.229 e. The Kier molecular flexibility index (Phi) is 5.91. The van der Waals surface area contributed by atoms with Gasteiger partial charge in [0, 0.05) is 31.3 Å². The highest BCUT2D eigenvalue weighted by atomic mass is 35.5. The highest BCUT2D eigenvalue weighted by Gasteiger charge is 2.08. The van der Waals surface area contributed by atoms with E-state index in [2.05, 4.69) is 20.6 Å². The van der Waals surface area contributed by atoms with Gasteiger partial charge in [-0.3, -0.25) is 0 Å². The second kappa shape index (κ2) is 8.34. The van der Waals surface area contributed by atoms with Crippen molar-refractivity contribution in [3.05, 3.63) is 52.5 Å². The molecule has 2 N–H and O–H groups in total. The van der Waals surface area contributed by atoms with E-state index < -0.39 is 0 Å². The summed E-state index contributed by atoms with van der Waals surface area (Å²) in [7, 11) is 1.69. The summed E-state index contributed by atoms with van der Waals surface area (Å²) in [6.07, 6.45) is 0.893. The number of nitrogens with zero attached hydrogens (tertiary/aromatic N) is 2. The van der Waals surface area contributed by atoms with Gasteiger partial charge in [0.2, 0.25) is 5.95 Å². The molecule has 0 bridgehead atoms. The minimum absolute atomic E-state index is 0.477. The maximum atomic E-state index is 6.07. The van der Waals surface area contributed by atoms with Gasteiger partial charge in [-0.05, 0) is 36.8 Å². The second-order valence-electron chi connectivity index (χ2n) is 5.44. The van der Waals surface area contributed by atoms with E-state index in [1.807, 2.05) is 30.3 Å². The third-order valence-corrected chi connectivity index (χ3v) is 4.34. The molecule has 0 saturated heterocycles. The van der Waals surface area contributed by atoms with Crippen molar-refractivity contribution < 1.29 is 4.74 Å². The Hall–Kier alpha value is -2.08. The van der Waals surface area contributed by atoms with Crippen LogP contribution in [-0.4, -0.2) is 30.2 Å². The first-order valence-corrected chi connectivity index (χ1v) is 8.64. The lowest BCUT2D eigenvalue weighted by Gasteiger charge is -2.12. The molecule has 0 unspecified atom stereocenters. The summed E-state index contributed by atoms with van der Waals surface area (Å²) in [4.78, 5) is 9.16. The third-order valence-electron chi connectivity index (χ3n) is 3.60. The highest BCUT2D eigenvalue weighted by molar-refractivity contribution is 6.42. The zero-order valence-corrected chi connectivity index (χ0v) is 15.2. The van der Waals surface area contributed by atoms with Crippen molar-refractivity contribution in [3.8, 4) is 0 Å². The Balaban J connectivity index is 1.88. The Bertz CT molecular complexity index is 873. The summed E-state index contributed by atoms with van der Waals surface area (Å²) >= 11 is 12.0. The average molecular weight is 377 g/mol. The monoisotopic (exact) mass is 376 g/mol. The number of hydrogen-bond acceptors (Lipinski definition) is 5. The lowest BCUT2D eigenvalue weighted by molar-refractivity contribution is 0.198. The van der Waals surface area contributed by atoms with Crippen LogP contribution < -0.4 is 10.6 Å². The van der Waals surface area contributed by atoms with E-state index in [0.29, 0.717) is 22.6 Å². The molecule has 3 aromatic rings. The minimum atomic E-state index is 0.477. The third kappa shape index (κ3) is 4.51. The van der Waals surface area contributed by atoms with Crippen molar-refractivity contribution in [1.82, 2.24) is 9.97 Å². The Morgan fingerprint density at radius 3 is 2.68 bits per heavy atom. The number of halogens is 2. The lowest BCUT2D eigenvalue weighted by Crippen LogP contribution is -2.08. The zero-order valence-electron chi connectivity index (χ0n) is 13.7. The van der Waals surface area contributed by atoms with Crippen LogP contribution in [0, 0.1) is 0 Å². The fraction of sp³-hybridized carbons (Fsp3) is 0.222. The number of para-hydroxylation sites is 1. The molecule has 0 aliphatic heterocycles. The maximum absolute atomic E-state index is 6.07. The van der Waals surface area contributed by atoms with Crippen LogP contribution >= 0.6 is 23.2 Å². The largest absolute Gasteiger partial charge is 0.385 e. The SMILES string of the molecule is COCCCNc1nc(Nc2ccc(Cl)c(Cl)c2)nc2ccccc12. The number of rotatable bonds is 7. The molecule has 0 radical (unpaired) electrons. The molecule has 3 rings (SSSR count). The van der Waals surface area contributed by atoms with Crippen LogP contribution in [0.3, 0.4) is 0 Å². The van der Waals surface area contributed by atoms with E-state index in [1.165, 1.54) is 0 Å². The van der Waals surface area contributed by atoms with Gasteiger partial charge in [-0.2, -0.15) is 4.98 Å². The number of anilines is 3. The van der Waals surface area contributed by atoms with E-state index >= 15 is 0 Å². The Labute approximate surface area is 156 Å². The van der Waals surface area contributed by atoms with Gasteiger partial charge in [0.15, 0.2) is 0 Å². The summed E-state index contributed by atoms with van der Waals surface area (Å²) in [6, 6.07) is 13.2. The minimum Gasteiger partial charge on any atom is -0.385 e. The number of nitrogens with one attached hydrogen (secondary N) is 2. The number of fused-ring (bicyclic) bond motifs is 1. The molecule has 0 amide bonds. The van der Waals surface area contributed by atoms with Crippen LogP contribution in [0.2, 0.25) is 10.0 Å². The molecule has 0 aliphatic rings. The van der Waals surface area contributed by atoms with Gasteiger partial charge in [0.25, 0.3) is 0 Å².